The third kappa shape index (κ3) is 5.63. The third-order valence-electron chi connectivity index (χ3n) is 4.52. The summed E-state index contributed by atoms with van der Waals surface area (Å²) in [6, 6.07) is 15.1. The molecule has 0 spiro atoms. The maximum Gasteiger partial charge on any atom is 0.251 e. The van der Waals surface area contributed by atoms with E-state index in [9.17, 15) is 4.79 Å². The molecule has 1 heterocycles. The van der Waals surface area contributed by atoms with Crippen molar-refractivity contribution in [3.8, 4) is 5.75 Å². The Morgan fingerprint density at radius 2 is 2.04 bits per heavy atom. The number of rotatable bonds is 5. The first-order valence-corrected chi connectivity index (χ1v) is 8.98. The van der Waals surface area contributed by atoms with Gasteiger partial charge < -0.3 is 15.4 Å². The SMILES string of the molecule is CC1CNCCC1NC(=O)c1cccc(OCc2ccc(Cl)cc2)c1.Cl. The molecule has 0 bridgehead atoms. The zero-order valence-electron chi connectivity index (χ0n) is 14.7. The van der Waals surface area contributed by atoms with Crippen molar-refractivity contribution in [1.29, 1.82) is 0 Å². The van der Waals surface area contributed by atoms with E-state index in [-0.39, 0.29) is 24.4 Å². The second kappa shape index (κ2) is 9.81. The Hall–Kier alpha value is -1.75. The lowest BCUT2D eigenvalue weighted by Crippen LogP contribution is -2.48. The van der Waals surface area contributed by atoms with Crippen LogP contribution >= 0.6 is 24.0 Å². The average molecular weight is 395 g/mol. The first-order chi connectivity index (χ1) is 12.1. The first kappa shape index (κ1) is 20.6. The summed E-state index contributed by atoms with van der Waals surface area (Å²) in [6.07, 6.45) is 0.958. The monoisotopic (exact) mass is 394 g/mol. The van der Waals surface area contributed by atoms with Gasteiger partial charge in [0.05, 0.1) is 0 Å². The number of carbonyl (C=O) groups is 1. The van der Waals surface area contributed by atoms with E-state index in [0.717, 1.165) is 25.1 Å². The Kier molecular flexibility index (Phi) is 7.76. The molecule has 0 aromatic heterocycles. The number of carbonyl (C=O) groups excluding carboxylic acids is 1. The van der Waals surface area contributed by atoms with Crippen molar-refractivity contribution in [2.45, 2.75) is 26.0 Å². The maximum atomic E-state index is 12.5. The van der Waals surface area contributed by atoms with Crippen LogP contribution in [-0.4, -0.2) is 25.0 Å². The Balaban J connectivity index is 0.00000243. The molecule has 0 radical (unpaired) electrons. The Bertz CT molecular complexity index is 722. The standard InChI is InChI=1S/C20H23ClN2O2.ClH/c1-14-12-22-10-9-19(14)23-20(24)16-3-2-4-18(11-16)25-13-15-5-7-17(21)8-6-15;/h2-8,11,14,19,22H,9-10,12-13H2,1H3,(H,23,24);1H. The fourth-order valence-electron chi connectivity index (χ4n) is 2.95. The third-order valence-corrected chi connectivity index (χ3v) is 4.77. The molecular formula is C20H24Cl2N2O2. The van der Waals surface area contributed by atoms with Crippen molar-refractivity contribution in [1.82, 2.24) is 10.6 Å². The van der Waals surface area contributed by atoms with Gasteiger partial charge in [-0.2, -0.15) is 0 Å². The number of benzene rings is 2. The lowest BCUT2D eigenvalue weighted by Gasteiger charge is -2.30. The van der Waals surface area contributed by atoms with Gasteiger partial charge in [0.2, 0.25) is 0 Å². The number of hydrogen-bond acceptors (Lipinski definition) is 3. The molecule has 2 aromatic carbocycles. The molecular weight excluding hydrogens is 371 g/mol. The molecule has 1 aliphatic heterocycles. The van der Waals surface area contributed by atoms with Crippen LogP contribution in [0.3, 0.4) is 0 Å². The lowest BCUT2D eigenvalue weighted by atomic mass is 9.95. The molecule has 1 fully saturated rings. The van der Waals surface area contributed by atoms with Crippen LogP contribution < -0.4 is 15.4 Å². The number of piperidine rings is 1. The van der Waals surface area contributed by atoms with E-state index in [2.05, 4.69) is 17.6 Å². The molecule has 1 aliphatic rings. The Labute approximate surface area is 165 Å². The summed E-state index contributed by atoms with van der Waals surface area (Å²) < 4.78 is 5.80. The predicted molar refractivity (Wildman–Crippen MR) is 107 cm³/mol. The molecule has 2 aromatic rings. The van der Waals surface area contributed by atoms with E-state index in [1.54, 1.807) is 6.07 Å². The van der Waals surface area contributed by atoms with Gasteiger partial charge >= 0.3 is 0 Å². The van der Waals surface area contributed by atoms with E-state index in [1.807, 2.05) is 42.5 Å². The summed E-state index contributed by atoms with van der Waals surface area (Å²) in [6.45, 7) is 4.48. The second-order valence-corrected chi connectivity index (χ2v) is 6.93. The maximum absolute atomic E-state index is 12.5. The van der Waals surface area contributed by atoms with Crippen LogP contribution in [0.25, 0.3) is 0 Å². The van der Waals surface area contributed by atoms with Crippen molar-refractivity contribution in [3.05, 3.63) is 64.7 Å². The van der Waals surface area contributed by atoms with E-state index in [0.29, 0.717) is 28.9 Å². The quantitative estimate of drug-likeness (QED) is 0.803. The van der Waals surface area contributed by atoms with Crippen molar-refractivity contribution in [2.75, 3.05) is 13.1 Å². The van der Waals surface area contributed by atoms with Crippen LogP contribution in [-0.2, 0) is 6.61 Å². The summed E-state index contributed by atoms with van der Waals surface area (Å²) in [5, 5.41) is 7.19. The summed E-state index contributed by atoms with van der Waals surface area (Å²) in [5.74, 6) is 1.07. The molecule has 2 unspecified atom stereocenters. The number of halogens is 2. The van der Waals surface area contributed by atoms with Gasteiger partial charge in [-0.3, -0.25) is 4.79 Å². The number of amides is 1. The summed E-state index contributed by atoms with van der Waals surface area (Å²) >= 11 is 5.89. The highest BCUT2D eigenvalue weighted by Crippen LogP contribution is 2.17. The summed E-state index contributed by atoms with van der Waals surface area (Å²) in [5.41, 5.74) is 1.65. The molecule has 6 heteroatoms. The smallest absolute Gasteiger partial charge is 0.251 e. The highest BCUT2D eigenvalue weighted by molar-refractivity contribution is 6.30. The van der Waals surface area contributed by atoms with Gasteiger partial charge in [0.15, 0.2) is 0 Å². The minimum Gasteiger partial charge on any atom is -0.489 e. The summed E-state index contributed by atoms with van der Waals surface area (Å²) in [4.78, 5) is 12.5. The predicted octanol–water partition coefficient (Wildman–Crippen LogP) is 4.07. The molecule has 3 rings (SSSR count). The number of ether oxygens (including phenoxy) is 1. The fraction of sp³-hybridized carbons (Fsp3) is 0.350. The van der Waals surface area contributed by atoms with Gasteiger partial charge in [-0.25, -0.2) is 0 Å². The topological polar surface area (TPSA) is 50.4 Å². The van der Waals surface area contributed by atoms with E-state index in [4.69, 9.17) is 16.3 Å². The zero-order valence-corrected chi connectivity index (χ0v) is 16.3. The van der Waals surface area contributed by atoms with Crippen LogP contribution in [0.4, 0.5) is 0 Å². The number of hydrogen-bond donors (Lipinski definition) is 2. The Morgan fingerprint density at radius 1 is 1.27 bits per heavy atom. The molecule has 4 nitrogen and oxygen atoms in total. The van der Waals surface area contributed by atoms with Gasteiger partial charge in [0.25, 0.3) is 5.91 Å². The zero-order chi connectivity index (χ0) is 17.6. The lowest BCUT2D eigenvalue weighted by molar-refractivity contribution is 0.0913. The van der Waals surface area contributed by atoms with Gasteiger partial charge in [0.1, 0.15) is 12.4 Å². The van der Waals surface area contributed by atoms with Gasteiger partial charge in [-0.05, 0) is 61.3 Å². The Morgan fingerprint density at radius 3 is 2.77 bits per heavy atom. The largest absolute Gasteiger partial charge is 0.489 e. The van der Waals surface area contributed by atoms with Crippen LogP contribution in [0, 0.1) is 5.92 Å². The first-order valence-electron chi connectivity index (χ1n) is 8.61. The molecule has 0 aliphatic carbocycles. The second-order valence-electron chi connectivity index (χ2n) is 6.49. The van der Waals surface area contributed by atoms with E-state index < -0.39 is 0 Å². The van der Waals surface area contributed by atoms with E-state index >= 15 is 0 Å². The van der Waals surface area contributed by atoms with Crippen molar-refractivity contribution >= 4 is 29.9 Å². The van der Waals surface area contributed by atoms with Crippen molar-refractivity contribution in [2.24, 2.45) is 5.92 Å². The number of nitrogens with one attached hydrogen (secondary N) is 2. The van der Waals surface area contributed by atoms with Gasteiger partial charge in [-0.15, -0.1) is 12.4 Å². The van der Waals surface area contributed by atoms with Crippen LogP contribution in [0.2, 0.25) is 5.02 Å². The molecule has 140 valence electrons. The normalized spacial score (nSPS) is 19.3. The minimum atomic E-state index is -0.0457. The molecule has 1 saturated heterocycles. The minimum absolute atomic E-state index is 0. The fourth-order valence-corrected chi connectivity index (χ4v) is 3.08. The van der Waals surface area contributed by atoms with Gasteiger partial charge in [0, 0.05) is 16.6 Å². The van der Waals surface area contributed by atoms with Crippen LogP contribution in [0.1, 0.15) is 29.3 Å². The molecule has 2 atom stereocenters. The molecule has 0 saturated carbocycles. The molecule has 2 N–H and O–H groups in total. The van der Waals surface area contributed by atoms with Crippen molar-refractivity contribution < 1.29 is 9.53 Å². The molecule has 1 amide bonds. The van der Waals surface area contributed by atoms with E-state index in [1.165, 1.54) is 0 Å². The highest BCUT2D eigenvalue weighted by atomic mass is 35.5. The van der Waals surface area contributed by atoms with Crippen molar-refractivity contribution in [3.63, 3.8) is 0 Å². The highest BCUT2D eigenvalue weighted by Gasteiger charge is 2.23. The van der Waals surface area contributed by atoms with Crippen LogP contribution in [0.5, 0.6) is 5.75 Å². The summed E-state index contributed by atoms with van der Waals surface area (Å²) in [7, 11) is 0. The van der Waals surface area contributed by atoms with Crippen LogP contribution in [0.15, 0.2) is 48.5 Å². The molecule has 26 heavy (non-hydrogen) atoms. The average Bonchev–Trinajstić information content (AvgIpc) is 2.63. The van der Waals surface area contributed by atoms with Gasteiger partial charge in [-0.1, -0.05) is 36.7 Å².